The Labute approximate surface area is 106 Å². The van der Waals surface area contributed by atoms with Crippen LogP contribution in [0.5, 0.6) is 11.5 Å². The Kier molecular flexibility index (Phi) is 5.10. The van der Waals surface area contributed by atoms with E-state index in [4.69, 9.17) is 21.1 Å². The first kappa shape index (κ1) is 13.6. The van der Waals surface area contributed by atoms with Crippen molar-refractivity contribution >= 4 is 23.2 Å². The summed E-state index contributed by atoms with van der Waals surface area (Å²) in [4.78, 5) is 11.0. The van der Waals surface area contributed by atoms with Crippen LogP contribution in [0.3, 0.4) is 0 Å². The second-order valence-corrected chi connectivity index (χ2v) is 3.74. The van der Waals surface area contributed by atoms with Crippen LogP contribution in [0.15, 0.2) is 12.1 Å². The molecule has 0 saturated carbocycles. The molecule has 17 heavy (non-hydrogen) atoms. The van der Waals surface area contributed by atoms with E-state index < -0.39 is 0 Å². The minimum atomic E-state index is -0.160. The molecule has 1 rings (SSSR count). The molecule has 1 aromatic rings. The van der Waals surface area contributed by atoms with Crippen LogP contribution in [0.25, 0.3) is 0 Å². The van der Waals surface area contributed by atoms with Gasteiger partial charge in [0.05, 0.1) is 18.2 Å². The van der Waals surface area contributed by atoms with Gasteiger partial charge in [-0.1, -0.05) is 11.6 Å². The molecule has 0 aliphatic heterocycles. The summed E-state index contributed by atoms with van der Waals surface area (Å²) in [5.41, 5.74) is 0.592. The number of carbonyl (C=O) groups is 1. The van der Waals surface area contributed by atoms with E-state index in [0.717, 1.165) is 0 Å². The Morgan fingerprint density at radius 1 is 1.29 bits per heavy atom. The summed E-state index contributed by atoms with van der Waals surface area (Å²) in [6.07, 6.45) is 0. The number of hydrogen-bond donors (Lipinski definition) is 1. The number of amides is 1. The summed E-state index contributed by atoms with van der Waals surface area (Å²) < 4.78 is 10.8. The fourth-order valence-corrected chi connectivity index (χ4v) is 1.66. The molecule has 0 unspecified atom stereocenters. The average Bonchev–Trinajstić information content (AvgIpc) is 2.22. The fourth-order valence-electron chi connectivity index (χ4n) is 1.39. The highest BCUT2D eigenvalue weighted by atomic mass is 35.5. The number of rotatable bonds is 5. The molecule has 0 aliphatic carbocycles. The summed E-state index contributed by atoms with van der Waals surface area (Å²) in [5.74, 6) is 0.878. The monoisotopic (exact) mass is 257 g/mol. The van der Waals surface area contributed by atoms with E-state index in [-0.39, 0.29) is 5.91 Å². The lowest BCUT2D eigenvalue weighted by Crippen LogP contribution is -2.07. The number of benzene rings is 1. The van der Waals surface area contributed by atoms with E-state index >= 15 is 0 Å². The van der Waals surface area contributed by atoms with Gasteiger partial charge in [0.25, 0.3) is 0 Å². The van der Waals surface area contributed by atoms with Crippen LogP contribution in [0.2, 0.25) is 5.02 Å². The van der Waals surface area contributed by atoms with Gasteiger partial charge in [0, 0.05) is 18.7 Å². The van der Waals surface area contributed by atoms with Gasteiger partial charge >= 0.3 is 0 Å². The third-order valence-corrected chi connectivity index (χ3v) is 2.20. The van der Waals surface area contributed by atoms with Crippen molar-refractivity contribution in [1.82, 2.24) is 0 Å². The Balaban J connectivity index is 3.10. The van der Waals surface area contributed by atoms with Crippen molar-refractivity contribution in [3.63, 3.8) is 0 Å². The van der Waals surface area contributed by atoms with Crippen molar-refractivity contribution < 1.29 is 14.3 Å². The SMILES string of the molecule is CCOc1cc(NC(C)=O)cc(Cl)c1OCC. The largest absolute Gasteiger partial charge is 0.490 e. The number of hydrogen-bond acceptors (Lipinski definition) is 3. The summed E-state index contributed by atoms with van der Waals surface area (Å²) in [5, 5.41) is 3.07. The van der Waals surface area contributed by atoms with Crippen molar-refractivity contribution in [2.75, 3.05) is 18.5 Å². The lowest BCUT2D eigenvalue weighted by molar-refractivity contribution is -0.114. The molecule has 0 saturated heterocycles. The van der Waals surface area contributed by atoms with E-state index in [2.05, 4.69) is 5.32 Å². The fraction of sp³-hybridized carbons (Fsp3) is 0.417. The van der Waals surface area contributed by atoms with Crippen LogP contribution >= 0.6 is 11.6 Å². The molecule has 0 radical (unpaired) electrons. The number of carbonyl (C=O) groups excluding carboxylic acids is 1. The highest BCUT2D eigenvalue weighted by molar-refractivity contribution is 6.32. The Morgan fingerprint density at radius 2 is 1.94 bits per heavy atom. The van der Waals surface area contributed by atoms with Gasteiger partial charge in [0.15, 0.2) is 11.5 Å². The van der Waals surface area contributed by atoms with Gasteiger partial charge < -0.3 is 14.8 Å². The molecule has 0 bridgehead atoms. The van der Waals surface area contributed by atoms with E-state index in [1.807, 2.05) is 13.8 Å². The third-order valence-electron chi connectivity index (χ3n) is 1.92. The van der Waals surface area contributed by atoms with Gasteiger partial charge in [-0.25, -0.2) is 0 Å². The summed E-state index contributed by atoms with van der Waals surface area (Å²) in [7, 11) is 0. The summed E-state index contributed by atoms with van der Waals surface area (Å²) >= 11 is 6.08. The lowest BCUT2D eigenvalue weighted by Gasteiger charge is -2.14. The van der Waals surface area contributed by atoms with Gasteiger partial charge in [0.1, 0.15) is 0 Å². The second kappa shape index (κ2) is 6.35. The second-order valence-electron chi connectivity index (χ2n) is 3.33. The minimum absolute atomic E-state index is 0.160. The van der Waals surface area contributed by atoms with Crippen molar-refractivity contribution in [3.05, 3.63) is 17.2 Å². The van der Waals surface area contributed by atoms with Crippen molar-refractivity contribution in [2.45, 2.75) is 20.8 Å². The molecule has 0 aliphatic rings. The van der Waals surface area contributed by atoms with E-state index in [1.54, 1.807) is 12.1 Å². The van der Waals surface area contributed by atoms with Gasteiger partial charge in [-0.15, -0.1) is 0 Å². The number of nitrogens with one attached hydrogen (secondary N) is 1. The van der Waals surface area contributed by atoms with Gasteiger partial charge in [-0.3, -0.25) is 4.79 Å². The van der Waals surface area contributed by atoms with Crippen LogP contribution in [0, 0.1) is 0 Å². The predicted octanol–water partition coefficient (Wildman–Crippen LogP) is 3.10. The molecular weight excluding hydrogens is 242 g/mol. The molecular formula is C12H16ClNO3. The molecule has 1 amide bonds. The molecule has 1 N–H and O–H groups in total. The average molecular weight is 258 g/mol. The molecule has 0 aromatic heterocycles. The summed E-state index contributed by atoms with van der Waals surface area (Å²) in [6.45, 7) is 6.17. The summed E-state index contributed by atoms with van der Waals surface area (Å²) in [6, 6.07) is 3.33. The standard InChI is InChI=1S/C12H16ClNO3/c1-4-16-11-7-9(14-8(3)15)6-10(13)12(11)17-5-2/h6-7H,4-5H2,1-3H3,(H,14,15). The van der Waals surface area contributed by atoms with Gasteiger partial charge in [-0.2, -0.15) is 0 Å². The highest BCUT2D eigenvalue weighted by Gasteiger charge is 2.12. The van der Waals surface area contributed by atoms with Crippen molar-refractivity contribution in [1.29, 1.82) is 0 Å². The molecule has 0 fully saturated rings. The van der Waals surface area contributed by atoms with Crippen molar-refractivity contribution in [2.24, 2.45) is 0 Å². The Bertz CT molecular complexity index is 407. The first-order chi connectivity index (χ1) is 8.08. The van der Waals surface area contributed by atoms with E-state index in [0.29, 0.717) is 35.4 Å². The van der Waals surface area contributed by atoms with Crippen LogP contribution in [0.4, 0.5) is 5.69 Å². The lowest BCUT2D eigenvalue weighted by atomic mass is 10.2. The molecule has 4 nitrogen and oxygen atoms in total. The Hall–Kier alpha value is -1.42. The first-order valence-electron chi connectivity index (χ1n) is 5.45. The highest BCUT2D eigenvalue weighted by Crippen LogP contribution is 2.38. The normalized spacial score (nSPS) is 9.88. The van der Waals surface area contributed by atoms with E-state index in [1.165, 1.54) is 6.92 Å². The molecule has 0 heterocycles. The smallest absolute Gasteiger partial charge is 0.221 e. The third kappa shape index (κ3) is 3.82. The van der Waals surface area contributed by atoms with Crippen LogP contribution < -0.4 is 14.8 Å². The van der Waals surface area contributed by atoms with Crippen LogP contribution in [-0.2, 0) is 4.79 Å². The number of halogens is 1. The molecule has 94 valence electrons. The molecule has 0 atom stereocenters. The zero-order valence-electron chi connectivity index (χ0n) is 10.2. The minimum Gasteiger partial charge on any atom is -0.490 e. The topological polar surface area (TPSA) is 47.6 Å². The van der Waals surface area contributed by atoms with Crippen LogP contribution in [0.1, 0.15) is 20.8 Å². The van der Waals surface area contributed by atoms with Gasteiger partial charge in [0.2, 0.25) is 5.91 Å². The quantitative estimate of drug-likeness (QED) is 0.882. The molecule has 5 heteroatoms. The van der Waals surface area contributed by atoms with Crippen LogP contribution in [-0.4, -0.2) is 19.1 Å². The molecule has 1 aromatic carbocycles. The Morgan fingerprint density at radius 3 is 2.47 bits per heavy atom. The zero-order valence-corrected chi connectivity index (χ0v) is 10.9. The van der Waals surface area contributed by atoms with Crippen molar-refractivity contribution in [3.8, 4) is 11.5 Å². The molecule has 0 spiro atoms. The maximum Gasteiger partial charge on any atom is 0.221 e. The first-order valence-corrected chi connectivity index (χ1v) is 5.83. The number of ether oxygens (including phenoxy) is 2. The predicted molar refractivity (Wildman–Crippen MR) is 68.1 cm³/mol. The zero-order chi connectivity index (χ0) is 12.8. The van der Waals surface area contributed by atoms with E-state index in [9.17, 15) is 4.79 Å². The maximum absolute atomic E-state index is 11.0. The maximum atomic E-state index is 11.0. The number of anilines is 1. The van der Waals surface area contributed by atoms with Gasteiger partial charge in [-0.05, 0) is 19.9 Å².